The maximum Gasteiger partial charge on any atom is 0.116 e. The number of rotatable bonds is 7. The van der Waals surface area contributed by atoms with Crippen LogP contribution in [0.15, 0.2) is 36.9 Å². The van der Waals surface area contributed by atoms with Crippen LogP contribution in [0.4, 0.5) is 5.69 Å². The molecule has 3 rings (SSSR count). The summed E-state index contributed by atoms with van der Waals surface area (Å²) in [5, 5.41) is 3.30. The van der Waals surface area contributed by atoms with E-state index in [1.54, 1.807) is 5.57 Å². The Morgan fingerprint density at radius 1 is 1.02 bits per heavy atom. The van der Waals surface area contributed by atoms with Crippen molar-refractivity contribution in [3.8, 4) is 0 Å². The number of aryl methyl sites for hydroxylation is 1. The Morgan fingerprint density at radius 3 is 1.98 bits per heavy atom. The molecule has 1 aromatic rings. The molecule has 1 N–H and O–H groups in total. The minimum absolute atomic E-state index is 0.432. The Bertz CT molecular complexity index is 828. The zero-order valence-corrected chi connectivity index (χ0v) is 28.5. The number of likely N-dealkylation sites (tertiary alicyclic amines) is 2. The fraction of sp³-hybridized carbons (Fsp3) is 0.667. The molecule has 1 aromatic carbocycles. The van der Waals surface area contributed by atoms with Gasteiger partial charge in [-0.25, -0.2) is 0 Å². The van der Waals surface area contributed by atoms with Crippen molar-refractivity contribution < 1.29 is 9.59 Å². The van der Waals surface area contributed by atoms with Gasteiger partial charge in [0.05, 0.1) is 0 Å². The molecule has 2 saturated heterocycles. The van der Waals surface area contributed by atoms with Crippen LogP contribution < -0.4 is 5.32 Å². The Hall–Kier alpha value is -2.24. The molecular weight excluding hydrogens is 506 g/mol. The van der Waals surface area contributed by atoms with Crippen molar-refractivity contribution in [3.63, 3.8) is 0 Å². The second-order valence-electron chi connectivity index (χ2n) is 12.0. The van der Waals surface area contributed by atoms with E-state index in [0.717, 1.165) is 18.6 Å². The van der Waals surface area contributed by atoms with E-state index in [0.29, 0.717) is 11.3 Å². The number of benzene rings is 1. The van der Waals surface area contributed by atoms with Crippen LogP contribution in [0, 0.1) is 24.2 Å². The molecule has 0 bridgehead atoms. The Balaban J connectivity index is 0. The molecule has 2 fully saturated rings. The van der Waals surface area contributed by atoms with Gasteiger partial charge in [0, 0.05) is 12.7 Å². The Morgan fingerprint density at radius 2 is 1.56 bits per heavy atom. The number of anilines is 1. The van der Waals surface area contributed by atoms with Gasteiger partial charge in [0.25, 0.3) is 0 Å². The molecule has 2 aliphatic heterocycles. The van der Waals surface area contributed by atoms with Gasteiger partial charge in [-0.1, -0.05) is 52.8 Å². The number of nitrogens with one attached hydrogen (secondary N) is 1. The van der Waals surface area contributed by atoms with Gasteiger partial charge < -0.3 is 24.7 Å². The molecule has 2 heterocycles. The van der Waals surface area contributed by atoms with Gasteiger partial charge in [-0.3, -0.25) is 0 Å². The summed E-state index contributed by atoms with van der Waals surface area (Å²) < 4.78 is 0. The second kappa shape index (κ2) is 24.4. The first-order valence-electron chi connectivity index (χ1n) is 15.7. The fourth-order valence-electron chi connectivity index (χ4n) is 5.32. The average Bonchev–Trinajstić information content (AvgIpc) is 2.97. The standard InChI is InChI=1S/C24H39N3.C7H14.C2H4O.C2H6.CH2O/c1-5-23(24-18-22(25-3)7-6-19(24)2)21-11-16-27(17-12-21)15-10-20-8-13-26(4)14-9-20;1-5-6-7(2,3)4;1-2-3;2*1-2/h5-7,18,20-21,25H,8-17H2,1-4H3;5H,1,6H2,2-4H3;2H,1H3;1-2H3;1H2/b23-5-;;;;. The molecule has 0 atom stereocenters. The third-order valence-electron chi connectivity index (χ3n) is 7.62. The zero-order chi connectivity index (χ0) is 31.8. The van der Waals surface area contributed by atoms with Crippen molar-refractivity contribution in [1.82, 2.24) is 9.80 Å². The molecule has 0 unspecified atom stereocenters. The Kier molecular flexibility index (Phi) is 24.3. The average molecular weight is 572 g/mol. The van der Waals surface area contributed by atoms with E-state index < -0.39 is 0 Å². The van der Waals surface area contributed by atoms with Crippen LogP contribution in [0.1, 0.15) is 98.1 Å². The number of nitrogens with zero attached hydrogens (tertiary/aromatic N) is 2. The molecule has 5 heteroatoms. The highest BCUT2D eigenvalue weighted by Crippen LogP contribution is 2.35. The van der Waals surface area contributed by atoms with Crippen LogP contribution in [0.2, 0.25) is 0 Å². The summed E-state index contributed by atoms with van der Waals surface area (Å²) in [6.45, 7) is 28.6. The number of allylic oxidation sites excluding steroid dienone is 3. The molecule has 5 nitrogen and oxygen atoms in total. The predicted octanol–water partition coefficient (Wildman–Crippen LogP) is 8.54. The molecular formula is C36H65N3O2. The van der Waals surface area contributed by atoms with Crippen molar-refractivity contribution in [1.29, 1.82) is 0 Å². The van der Waals surface area contributed by atoms with Crippen LogP contribution in [0.25, 0.3) is 5.57 Å². The highest BCUT2D eigenvalue weighted by molar-refractivity contribution is 5.72. The highest BCUT2D eigenvalue weighted by atomic mass is 16.1. The molecule has 0 radical (unpaired) electrons. The van der Waals surface area contributed by atoms with Crippen molar-refractivity contribution in [2.45, 2.75) is 93.9 Å². The molecule has 0 aliphatic carbocycles. The number of carbonyl (C=O) groups excluding carboxylic acids is 2. The van der Waals surface area contributed by atoms with Crippen LogP contribution in [-0.2, 0) is 9.59 Å². The lowest BCUT2D eigenvalue weighted by molar-refractivity contribution is -0.106. The Labute approximate surface area is 254 Å². The van der Waals surface area contributed by atoms with Crippen molar-refractivity contribution in [2.75, 3.05) is 52.1 Å². The minimum Gasteiger partial charge on any atom is -0.388 e. The molecule has 2 aliphatic rings. The lowest BCUT2D eigenvalue weighted by atomic mass is 9.83. The van der Waals surface area contributed by atoms with Crippen LogP contribution in [0.3, 0.4) is 0 Å². The summed E-state index contributed by atoms with van der Waals surface area (Å²) in [5.41, 5.74) is 6.04. The topological polar surface area (TPSA) is 52.6 Å². The van der Waals surface area contributed by atoms with Gasteiger partial charge in [0.2, 0.25) is 0 Å². The van der Waals surface area contributed by atoms with Crippen LogP contribution >= 0.6 is 0 Å². The highest BCUT2D eigenvalue weighted by Gasteiger charge is 2.24. The third kappa shape index (κ3) is 18.0. The van der Waals surface area contributed by atoms with Gasteiger partial charge in [-0.15, -0.1) is 6.58 Å². The van der Waals surface area contributed by atoms with E-state index in [-0.39, 0.29) is 0 Å². The van der Waals surface area contributed by atoms with Crippen molar-refractivity contribution in [2.24, 2.45) is 17.3 Å². The van der Waals surface area contributed by atoms with E-state index in [1.807, 2.05) is 33.8 Å². The zero-order valence-electron chi connectivity index (χ0n) is 28.5. The van der Waals surface area contributed by atoms with Gasteiger partial charge in [0.15, 0.2) is 0 Å². The maximum absolute atomic E-state index is 8.81. The van der Waals surface area contributed by atoms with Crippen LogP contribution in [-0.4, -0.2) is 69.7 Å². The first-order valence-corrected chi connectivity index (χ1v) is 15.7. The van der Waals surface area contributed by atoms with E-state index in [9.17, 15) is 0 Å². The van der Waals surface area contributed by atoms with E-state index >= 15 is 0 Å². The lowest BCUT2D eigenvalue weighted by Crippen LogP contribution is -2.37. The summed E-state index contributed by atoms with van der Waals surface area (Å²) in [6, 6.07) is 6.76. The molecule has 0 spiro atoms. The molecule has 0 aromatic heterocycles. The van der Waals surface area contributed by atoms with E-state index in [2.05, 4.69) is 87.6 Å². The third-order valence-corrected chi connectivity index (χ3v) is 7.62. The fourth-order valence-corrected chi connectivity index (χ4v) is 5.32. The van der Waals surface area contributed by atoms with Crippen LogP contribution in [0.5, 0.6) is 0 Å². The SMILES string of the molecule is C/C=C(\c1cc(NC)ccc1C)C1CCN(CCC2CCN(C)CC2)CC1.C=CCC(C)(C)C.C=O.CC.CC=O. The summed E-state index contributed by atoms with van der Waals surface area (Å²) in [6.07, 6.45) is 13.0. The first kappa shape index (κ1) is 40.9. The summed E-state index contributed by atoms with van der Waals surface area (Å²) in [5.74, 6) is 1.66. The molecule has 0 saturated carbocycles. The number of piperidine rings is 2. The molecule has 0 amide bonds. The van der Waals surface area contributed by atoms with Crippen molar-refractivity contribution >= 4 is 24.3 Å². The molecule has 41 heavy (non-hydrogen) atoms. The van der Waals surface area contributed by atoms with Gasteiger partial charge in [-0.05, 0) is 145 Å². The summed E-state index contributed by atoms with van der Waals surface area (Å²) >= 11 is 0. The normalized spacial score (nSPS) is 16.7. The largest absolute Gasteiger partial charge is 0.388 e. The predicted molar refractivity (Wildman–Crippen MR) is 183 cm³/mol. The lowest BCUT2D eigenvalue weighted by Gasteiger charge is -2.35. The van der Waals surface area contributed by atoms with Gasteiger partial charge >= 0.3 is 0 Å². The summed E-state index contributed by atoms with van der Waals surface area (Å²) in [7, 11) is 4.26. The number of hydrogen-bond donors (Lipinski definition) is 1. The minimum atomic E-state index is 0.432. The number of hydrogen-bond acceptors (Lipinski definition) is 5. The van der Waals surface area contributed by atoms with Gasteiger partial charge in [0.1, 0.15) is 13.1 Å². The summed E-state index contributed by atoms with van der Waals surface area (Å²) in [4.78, 5) is 22.0. The number of aldehydes is 1. The van der Waals surface area contributed by atoms with Crippen molar-refractivity contribution in [3.05, 3.63) is 48.1 Å². The maximum atomic E-state index is 8.81. The second-order valence-corrected chi connectivity index (χ2v) is 12.0. The monoisotopic (exact) mass is 572 g/mol. The first-order chi connectivity index (χ1) is 19.6. The smallest absolute Gasteiger partial charge is 0.116 e. The quantitative estimate of drug-likeness (QED) is 0.262. The van der Waals surface area contributed by atoms with E-state index in [4.69, 9.17) is 9.59 Å². The molecule has 236 valence electrons. The number of carbonyl (C=O) groups is 2. The van der Waals surface area contributed by atoms with Gasteiger partial charge in [-0.2, -0.15) is 0 Å². The van der Waals surface area contributed by atoms with E-state index in [1.165, 1.54) is 88.6 Å².